The van der Waals surface area contributed by atoms with Crippen molar-refractivity contribution in [2.24, 2.45) is 0 Å². The maximum atomic E-state index is 11.5. The summed E-state index contributed by atoms with van der Waals surface area (Å²) in [5, 5.41) is 18.6. The number of anilines is 3. The number of nitro groups is 1. The topological polar surface area (TPSA) is 112 Å². The average molecular weight is 336 g/mol. The molecule has 1 fully saturated rings. The molecule has 23 heavy (non-hydrogen) atoms. The fraction of sp³-hybridized carbons (Fsp3) is 0.417. The first-order chi connectivity index (χ1) is 11.1. The van der Waals surface area contributed by atoms with Crippen LogP contribution in [0.25, 0.3) is 0 Å². The predicted molar refractivity (Wildman–Crippen MR) is 86.8 cm³/mol. The molecule has 11 heteroatoms. The van der Waals surface area contributed by atoms with Crippen molar-refractivity contribution in [1.82, 2.24) is 24.9 Å². The summed E-state index contributed by atoms with van der Waals surface area (Å²) in [6, 6.07) is 0. The Hall–Kier alpha value is -2.37. The number of likely N-dealkylation sites (N-methyl/N-ethyl adjacent to an activating group) is 1. The lowest BCUT2D eigenvalue weighted by Crippen LogP contribution is -2.47. The minimum atomic E-state index is -0.492. The second-order valence-electron chi connectivity index (χ2n) is 5.04. The normalized spacial score (nSPS) is 16.2. The third-order valence-electron chi connectivity index (χ3n) is 3.43. The van der Waals surface area contributed by atoms with Gasteiger partial charge in [-0.2, -0.15) is 0 Å². The van der Waals surface area contributed by atoms with E-state index < -0.39 is 4.92 Å². The molecule has 0 radical (unpaired) electrons. The van der Waals surface area contributed by atoms with Crippen molar-refractivity contribution in [3.8, 4) is 0 Å². The average Bonchev–Trinajstić information content (AvgIpc) is 3.02. The zero-order chi connectivity index (χ0) is 16.2. The number of rotatable bonds is 5. The first-order valence-corrected chi connectivity index (χ1v) is 7.87. The molecule has 0 aromatic carbocycles. The van der Waals surface area contributed by atoms with Crippen molar-refractivity contribution in [2.75, 3.05) is 44.0 Å². The molecule has 122 valence electrons. The predicted octanol–water partition coefficient (Wildman–Crippen LogP) is 1.16. The standard InChI is InChI=1S/C12H16N8O2S/c1-18-3-5-19(6-4-18)17-11-9(20(21)22)10(14-8-15-11)16-12-13-2-7-23-12/h2,7-8H,3-6H2,1H3,(H2,13,14,15,16,17). The fourth-order valence-corrected chi connectivity index (χ4v) is 2.71. The molecule has 0 amide bonds. The number of nitrogens with one attached hydrogen (secondary N) is 2. The van der Waals surface area contributed by atoms with Gasteiger partial charge in [0.25, 0.3) is 0 Å². The van der Waals surface area contributed by atoms with E-state index in [1.54, 1.807) is 11.6 Å². The summed E-state index contributed by atoms with van der Waals surface area (Å²) in [6.07, 6.45) is 2.91. The highest BCUT2D eigenvalue weighted by atomic mass is 32.1. The summed E-state index contributed by atoms with van der Waals surface area (Å²) in [7, 11) is 2.04. The summed E-state index contributed by atoms with van der Waals surface area (Å²) in [5.41, 5.74) is 2.84. The van der Waals surface area contributed by atoms with Crippen LogP contribution in [-0.2, 0) is 0 Å². The third-order valence-corrected chi connectivity index (χ3v) is 4.12. The number of hydrogen-bond acceptors (Lipinski definition) is 10. The molecule has 2 N–H and O–H groups in total. The molecule has 3 rings (SSSR count). The smallest absolute Gasteiger partial charge is 0.310 e. The SMILES string of the molecule is CN1CCN(Nc2ncnc(Nc3nccs3)c2[N+](=O)[O-])CC1. The Balaban J connectivity index is 1.83. The van der Waals surface area contributed by atoms with Gasteiger partial charge in [0.05, 0.1) is 4.92 Å². The van der Waals surface area contributed by atoms with Crippen LogP contribution in [0.2, 0.25) is 0 Å². The van der Waals surface area contributed by atoms with E-state index in [0.29, 0.717) is 5.13 Å². The minimum Gasteiger partial charge on any atom is -0.310 e. The zero-order valence-electron chi connectivity index (χ0n) is 12.5. The van der Waals surface area contributed by atoms with Gasteiger partial charge in [0, 0.05) is 37.8 Å². The van der Waals surface area contributed by atoms with Crippen molar-refractivity contribution in [1.29, 1.82) is 0 Å². The molecule has 0 bridgehead atoms. The first-order valence-electron chi connectivity index (χ1n) is 6.99. The highest BCUT2D eigenvalue weighted by Crippen LogP contribution is 2.31. The molecule has 1 aliphatic rings. The molecule has 0 atom stereocenters. The number of aromatic nitrogens is 3. The highest BCUT2D eigenvalue weighted by Gasteiger charge is 2.25. The first kappa shape index (κ1) is 15.5. The molecular weight excluding hydrogens is 320 g/mol. The molecule has 1 aliphatic heterocycles. The van der Waals surface area contributed by atoms with E-state index in [2.05, 4.69) is 30.6 Å². The van der Waals surface area contributed by atoms with Crippen LogP contribution in [0.5, 0.6) is 0 Å². The van der Waals surface area contributed by atoms with Crippen LogP contribution in [0.15, 0.2) is 17.9 Å². The van der Waals surface area contributed by atoms with E-state index in [1.165, 1.54) is 17.7 Å². The molecule has 0 spiro atoms. The van der Waals surface area contributed by atoms with Crippen LogP contribution >= 0.6 is 11.3 Å². The van der Waals surface area contributed by atoms with E-state index in [0.717, 1.165) is 26.2 Å². The summed E-state index contributed by atoms with van der Waals surface area (Å²) in [5.74, 6) is 0.296. The second-order valence-corrected chi connectivity index (χ2v) is 5.94. The van der Waals surface area contributed by atoms with E-state index in [1.807, 2.05) is 12.1 Å². The van der Waals surface area contributed by atoms with Crippen molar-refractivity contribution >= 4 is 33.8 Å². The zero-order valence-corrected chi connectivity index (χ0v) is 13.3. The molecule has 10 nitrogen and oxygen atoms in total. The van der Waals surface area contributed by atoms with Crippen molar-refractivity contribution in [2.45, 2.75) is 0 Å². The molecule has 3 heterocycles. The number of thiazole rings is 1. The maximum absolute atomic E-state index is 11.5. The summed E-state index contributed by atoms with van der Waals surface area (Å²) >= 11 is 1.34. The Bertz CT molecular complexity index is 672. The Labute approximate surface area is 136 Å². The summed E-state index contributed by atoms with van der Waals surface area (Å²) in [6.45, 7) is 3.28. The van der Waals surface area contributed by atoms with Gasteiger partial charge in [0.1, 0.15) is 6.33 Å². The Morgan fingerprint density at radius 2 is 1.96 bits per heavy atom. The Morgan fingerprint density at radius 1 is 1.22 bits per heavy atom. The van der Waals surface area contributed by atoms with E-state index >= 15 is 0 Å². The quantitative estimate of drug-likeness (QED) is 0.613. The molecule has 0 unspecified atom stereocenters. The molecule has 2 aromatic heterocycles. The lowest BCUT2D eigenvalue weighted by atomic mass is 10.4. The van der Waals surface area contributed by atoms with Gasteiger partial charge in [-0.25, -0.2) is 20.0 Å². The van der Waals surface area contributed by atoms with Gasteiger partial charge in [-0.15, -0.1) is 11.3 Å². The van der Waals surface area contributed by atoms with E-state index in [-0.39, 0.29) is 17.3 Å². The lowest BCUT2D eigenvalue weighted by molar-refractivity contribution is -0.383. The lowest BCUT2D eigenvalue weighted by Gasteiger charge is -2.32. The Morgan fingerprint density at radius 3 is 2.61 bits per heavy atom. The monoisotopic (exact) mass is 336 g/mol. The van der Waals surface area contributed by atoms with Crippen LogP contribution in [0.3, 0.4) is 0 Å². The molecule has 1 saturated heterocycles. The summed E-state index contributed by atoms with van der Waals surface area (Å²) < 4.78 is 0. The van der Waals surface area contributed by atoms with Gasteiger partial charge in [0.2, 0.25) is 11.6 Å². The van der Waals surface area contributed by atoms with Gasteiger partial charge in [-0.05, 0) is 7.05 Å². The van der Waals surface area contributed by atoms with Crippen LogP contribution in [-0.4, -0.2) is 63.0 Å². The minimum absolute atomic E-state index is 0.122. The van der Waals surface area contributed by atoms with Crippen molar-refractivity contribution in [3.05, 3.63) is 28.0 Å². The van der Waals surface area contributed by atoms with Crippen LogP contribution < -0.4 is 10.7 Å². The maximum Gasteiger partial charge on any atom is 0.354 e. The van der Waals surface area contributed by atoms with Crippen LogP contribution in [0.1, 0.15) is 0 Å². The molecule has 0 saturated carbocycles. The Kier molecular flexibility index (Phi) is 4.60. The fourth-order valence-electron chi connectivity index (χ4n) is 2.18. The number of hydrogen-bond donors (Lipinski definition) is 2. The third kappa shape index (κ3) is 3.70. The van der Waals surface area contributed by atoms with Gasteiger partial charge < -0.3 is 10.2 Å². The number of hydrazine groups is 1. The number of piperazine rings is 1. The van der Waals surface area contributed by atoms with Crippen molar-refractivity contribution in [3.63, 3.8) is 0 Å². The van der Waals surface area contributed by atoms with Gasteiger partial charge in [0.15, 0.2) is 5.13 Å². The molecular formula is C12H16N8O2S. The second kappa shape index (κ2) is 6.81. The molecule has 0 aliphatic carbocycles. The van der Waals surface area contributed by atoms with E-state index in [9.17, 15) is 10.1 Å². The van der Waals surface area contributed by atoms with Crippen molar-refractivity contribution < 1.29 is 4.92 Å². The van der Waals surface area contributed by atoms with E-state index in [4.69, 9.17) is 0 Å². The van der Waals surface area contributed by atoms with Gasteiger partial charge in [-0.3, -0.25) is 15.5 Å². The van der Waals surface area contributed by atoms with Gasteiger partial charge in [-0.1, -0.05) is 0 Å². The largest absolute Gasteiger partial charge is 0.354 e. The summed E-state index contributed by atoms with van der Waals surface area (Å²) in [4.78, 5) is 25.2. The molecule has 2 aromatic rings. The van der Waals surface area contributed by atoms with Gasteiger partial charge >= 0.3 is 5.69 Å². The van der Waals surface area contributed by atoms with Crippen LogP contribution in [0.4, 0.5) is 22.5 Å². The highest BCUT2D eigenvalue weighted by molar-refractivity contribution is 7.13. The van der Waals surface area contributed by atoms with Crippen LogP contribution in [0, 0.1) is 10.1 Å². The number of nitrogens with zero attached hydrogens (tertiary/aromatic N) is 6.